The quantitative estimate of drug-likeness (QED) is 0.430. The summed E-state index contributed by atoms with van der Waals surface area (Å²) in [6.07, 6.45) is 1.72. The van der Waals surface area contributed by atoms with Gasteiger partial charge in [-0.25, -0.2) is 4.79 Å². The Morgan fingerprint density at radius 2 is 1.76 bits per heavy atom. The largest absolute Gasteiger partial charge is 0.478 e. The van der Waals surface area contributed by atoms with Crippen molar-refractivity contribution in [2.45, 2.75) is 44.8 Å². The zero-order chi connectivity index (χ0) is 26.3. The molecule has 0 aromatic heterocycles. The van der Waals surface area contributed by atoms with Crippen molar-refractivity contribution in [3.8, 4) is 11.1 Å². The molecule has 7 nitrogen and oxygen atoms in total. The molecule has 3 fully saturated rings. The first-order chi connectivity index (χ1) is 17.7. The van der Waals surface area contributed by atoms with Crippen molar-refractivity contribution in [1.82, 2.24) is 10.2 Å². The molecule has 2 heterocycles. The van der Waals surface area contributed by atoms with Crippen molar-refractivity contribution >= 4 is 17.8 Å². The molecule has 4 N–H and O–H groups in total. The molecule has 3 aliphatic rings. The third kappa shape index (κ3) is 4.62. The van der Waals surface area contributed by atoms with Crippen LogP contribution in [0.25, 0.3) is 11.1 Å². The van der Waals surface area contributed by atoms with E-state index in [1.54, 1.807) is 30.3 Å². The second-order valence-corrected chi connectivity index (χ2v) is 10.4. The van der Waals surface area contributed by atoms with E-state index in [2.05, 4.69) is 28.4 Å². The summed E-state index contributed by atoms with van der Waals surface area (Å²) in [6.45, 7) is 5.47. The molecule has 37 heavy (non-hydrogen) atoms. The Balaban J connectivity index is 1.30. The smallest absolute Gasteiger partial charge is 0.335 e. The Hall–Kier alpha value is -3.97. The Labute approximate surface area is 216 Å². The van der Waals surface area contributed by atoms with Crippen LogP contribution in [0.15, 0.2) is 66.7 Å². The fraction of sp³-hybridized carbons (Fsp3) is 0.300. The number of carbonyl (C=O) groups excluding carboxylic acids is 2. The van der Waals surface area contributed by atoms with Crippen molar-refractivity contribution in [2.24, 2.45) is 11.7 Å². The summed E-state index contributed by atoms with van der Waals surface area (Å²) in [5.41, 5.74) is 10.7. The monoisotopic (exact) mass is 497 g/mol. The lowest BCUT2D eigenvalue weighted by atomic mass is 9.72. The average molecular weight is 498 g/mol. The molecule has 0 spiro atoms. The summed E-state index contributed by atoms with van der Waals surface area (Å²) in [7, 11) is 0. The van der Waals surface area contributed by atoms with E-state index >= 15 is 0 Å². The number of hydrogen-bond acceptors (Lipinski definition) is 4. The van der Waals surface area contributed by atoms with Gasteiger partial charge in [-0.2, -0.15) is 0 Å². The lowest BCUT2D eigenvalue weighted by molar-refractivity contribution is -0.135. The molecule has 0 unspecified atom stereocenters. The zero-order valence-electron chi connectivity index (χ0n) is 21.0. The molecule has 2 bridgehead atoms. The summed E-state index contributed by atoms with van der Waals surface area (Å²) in [5, 5.41) is 12.3. The van der Waals surface area contributed by atoms with Crippen molar-refractivity contribution in [2.75, 3.05) is 6.54 Å². The fourth-order valence-electron chi connectivity index (χ4n) is 5.84. The van der Waals surface area contributed by atoms with Crippen molar-refractivity contribution in [1.29, 1.82) is 0 Å². The number of nitrogens with one attached hydrogen (secondary N) is 1. The third-order valence-corrected chi connectivity index (χ3v) is 7.89. The molecule has 1 aliphatic carbocycles. The Bertz CT molecular complexity index is 1380. The number of carbonyl (C=O) groups is 3. The number of nitrogens with two attached hydrogens (primary N) is 1. The van der Waals surface area contributed by atoms with Gasteiger partial charge < -0.3 is 16.2 Å². The van der Waals surface area contributed by atoms with E-state index in [4.69, 9.17) is 10.8 Å². The molecule has 190 valence electrons. The summed E-state index contributed by atoms with van der Waals surface area (Å²) in [6, 6.07) is 20.2. The predicted molar refractivity (Wildman–Crippen MR) is 141 cm³/mol. The van der Waals surface area contributed by atoms with Crippen LogP contribution >= 0.6 is 0 Å². The number of carboxylic acids is 1. The van der Waals surface area contributed by atoms with Crippen molar-refractivity contribution < 1.29 is 19.5 Å². The maximum atomic E-state index is 13.5. The molecule has 2 saturated heterocycles. The summed E-state index contributed by atoms with van der Waals surface area (Å²) < 4.78 is 0. The Morgan fingerprint density at radius 1 is 1.05 bits per heavy atom. The number of primary amides is 1. The number of benzene rings is 3. The number of hydrogen-bond donors (Lipinski definition) is 3. The zero-order valence-corrected chi connectivity index (χ0v) is 21.0. The van der Waals surface area contributed by atoms with Gasteiger partial charge in [0.2, 0.25) is 11.8 Å². The lowest BCUT2D eigenvalue weighted by Gasteiger charge is -2.41. The van der Waals surface area contributed by atoms with E-state index in [9.17, 15) is 14.4 Å². The molecular formula is C30H31N3O4. The second kappa shape index (κ2) is 9.48. The van der Waals surface area contributed by atoms with Gasteiger partial charge in [0.25, 0.3) is 0 Å². The molecule has 2 aliphatic heterocycles. The molecule has 0 radical (unpaired) electrons. The van der Waals surface area contributed by atoms with Crippen LogP contribution in [0.1, 0.15) is 63.2 Å². The van der Waals surface area contributed by atoms with E-state index in [0.717, 1.165) is 47.2 Å². The SMILES string of the molecule is Cc1cc(C(N)=O)ccc1-c1cccc(CN2CC3CC2(C(=O)N[C@@H](C)c2ccc(C(=O)O)cc2)C3)c1. The van der Waals surface area contributed by atoms with Gasteiger partial charge in [-0.3, -0.25) is 14.5 Å². The summed E-state index contributed by atoms with van der Waals surface area (Å²) >= 11 is 0. The topological polar surface area (TPSA) is 113 Å². The molecule has 3 aromatic carbocycles. The molecule has 1 atom stereocenters. The number of nitrogens with zero attached hydrogens (tertiary/aromatic N) is 1. The van der Waals surface area contributed by atoms with Crippen molar-refractivity contribution in [3.63, 3.8) is 0 Å². The van der Waals surface area contributed by atoms with E-state index in [0.29, 0.717) is 18.0 Å². The van der Waals surface area contributed by atoms with Gasteiger partial charge in [-0.1, -0.05) is 36.4 Å². The highest BCUT2D eigenvalue weighted by Gasteiger charge is 2.60. The number of fused-ring (bicyclic) bond motifs is 1. The molecular weight excluding hydrogens is 466 g/mol. The number of aromatic carboxylic acids is 1. The van der Waals surface area contributed by atoms with Crippen LogP contribution in [-0.4, -0.2) is 39.9 Å². The minimum atomic E-state index is -0.967. The number of carboxylic acid groups (broad SMARTS) is 1. The Morgan fingerprint density at radius 3 is 2.41 bits per heavy atom. The van der Waals surface area contributed by atoms with Gasteiger partial charge in [0.15, 0.2) is 0 Å². The highest BCUT2D eigenvalue weighted by atomic mass is 16.4. The van der Waals surface area contributed by atoms with E-state index in [1.807, 2.05) is 32.0 Å². The van der Waals surface area contributed by atoms with Gasteiger partial charge in [0, 0.05) is 18.7 Å². The van der Waals surface area contributed by atoms with E-state index in [1.165, 1.54) is 0 Å². The van der Waals surface area contributed by atoms with Crippen LogP contribution < -0.4 is 11.1 Å². The second-order valence-electron chi connectivity index (χ2n) is 10.4. The maximum Gasteiger partial charge on any atom is 0.335 e. The first-order valence-corrected chi connectivity index (χ1v) is 12.6. The van der Waals surface area contributed by atoms with Crippen LogP contribution in [0.4, 0.5) is 0 Å². The number of aryl methyl sites for hydroxylation is 1. The number of rotatable bonds is 8. The van der Waals surface area contributed by atoms with E-state index < -0.39 is 17.4 Å². The molecule has 1 saturated carbocycles. The maximum absolute atomic E-state index is 13.5. The van der Waals surface area contributed by atoms with Gasteiger partial charge in [-0.15, -0.1) is 0 Å². The van der Waals surface area contributed by atoms with Crippen molar-refractivity contribution in [3.05, 3.63) is 94.5 Å². The number of amides is 2. The summed E-state index contributed by atoms with van der Waals surface area (Å²) in [4.78, 5) is 38.4. The van der Waals surface area contributed by atoms with Crippen LogP contribution in [0, 0.1) is 12.8 Å². The van der Waals surface area contributed by atoms with Crippen LogP contribution in [-0.2, 0) is 11.3 Å². The molecule has 6 rings (SSSR count). The van der Waals surface area contributed by atoms with Crippen LogP contribution in [0.2, 0.25) is 0 Å². The van der Waals surface area contributed by atoms with Crippen LogP contribution in [0.3, 0.4) is 0 Å². The highest BCUT2D eigenvalue weighted by molar-refractivity contribution is 5.94. The van der Waals surface area contributed by atoms with Gasteiger partial charge in [0.1, 0.15) is 5.54 Å². The first-order valence-electron chi connectivity index (χ1n) is 12.6. The average Bonchev–Trinajstić information content (AvgIpc) is 3.39. The Kier molecular flexibility index (Phi) is 6.33. The third-order valence-electron chi connectivity index (χ3n) is 7.89. The molecule has 2 amide bonds. The van der Waals surface area contributed by atoms with Crippen LogP contribution in [0.5, 0.6) is 0 Å². The predicted octanol–water partition coefficient (Wildman–Crippen LogP) is 4.30. The first kappa shape index (κ1) is 24.7. The minimum absolute atomic E-state index is 0.0325. The van der Waals surface area contributed by atoms with Gasteiger partial charge in [0.05, 0.1) is 11.6 Å². The highest BCUT2D eigenvalue weighted by Crippen LogP contribution is 2.51. The fourth-order valence-corrected chi connectivity index (χ4v) is 5.84. The van der Waals surface area contributed by atoms with E-state index in [-0.39, 0.29) is 17.5 Å². The van der Waals surface area contributed by atoms with Gasteiger partial charge >= 0.3 is 5.97 Å². The molecule has 7 heteroatoms. The summed E-state index contributed by atoms with van der Waals surface area (Å²) in [5.74, 6) is -0.842. The lowest BCUT2D eigenvalue weighted by Crippen LogP contribution is -2.57. The minimum Gasteiger partial charge on any atom is -0.478 e. The van der Waals surface area contributed by atoms with Gasteiger partial charge in [-0.05, 0) is 90.8 Å². The standard InChI is InChI=1S/C30H31N3O4/c1-18-12-25(27(31)34)10-11-26(18)24-5-3-4-20(13-24)16-33-17-21-14-30(33,15-21)29(37)32-19(2)22-6-8-23(9-7-22)28(35)36/h3-13,19,21H,14-17H2,1-2H3,(H2,31,34)(H,32,37)(H,35,36)/t19-,21?,30?/m0/s1. The normalized spacial score (nSPS) is 21.2. The molecule has 3 aromatic rings.